The maximum Gasteiger partial charge on any atom is 0.228 e. The SMILES string of the molecule is CBc1ccc(C)c(OCF)c1. The second-order valence-electron chi connectivity index (χ2n) is 2.71. The first-order chi connectivity index (χ1) is 5.77. The summed E-state index contributed by atoms with van der Waals surface area (Å²) in [6, 6.07) is 5.86. The largest absolute Gasteiger partial charge is 0.463 e. The molecule has 0 aliphatic rings. The lowest BCUT2D eigenvalue weighted by molar-refractivity contribution is 0.191. The summed E-state index contributed by atoms with van der Waals surface area (Å²) in [6.07, 6.45) is 0. The zero-order valence-electron chi connectivity index (χ0n) is 7.43. The zero-order valence-corrected chi connectivity index (χ0v) is 7.43. The summed E-state index contributed by atoms with van der Waals surface area (Å²) in [5.41, 5.74) is 2.15. The van der Waals surface area contributed by atoms with Crippen LogP contribution >= 0.6 is 0 Å². The van der Waals surface area contributed by atoms with Gasteiger partial charge in [-0.3, -0.25) is 0 Å². The number of rotatable bonds is 3. The Balaban J connectivity index is 2.91. The van der Waals surface area contributed by atoms with Crippen LogP contribution in [0.15, 0.2) is 18.2 Å². The molecule has 0 amide bonds. The van der Waals surface area contributed by atoms with Crippen molar-refractivity contribution in [3.05, 3.63) is 23.8 Å². The van der Waals surface area contributed by atoms with Crippen LogP contribution in [-0.2, 0) is 0 Å². The van der Waals surface area contributed by atoms with E-state index in [4.69, 9.17) is 4.74 Å². The van der Waals surface area contributed by atoms with Crippen molar-refractivity contribution in [1.82, 2.24) is 0 Å². The van der Waals surface area contributed by atoms with Crippen molar-refractivity contribution in [2.45, 2.75) is 13.7 Å². The molecular formula is C9H12BFO. The number of alkyl halides is 1. The minimum Gasteiger partial charge on any atom is -0.463 e. The summed E-state index contributed by atoms with van der Waals surface area (Å²) in [5.74, 6) is 0.650. The molecule has 12 heavy (non-hydrogen) atoms. The Morgan fingerprint density at radius 3 is 2.83 bits per heavy atom. The number of halogens is 1. The second-order valence-corrected chi connectivity index (χ2v) is 2.71. The van der Waals surface area contributed by atoms with Crippen molar-refractivity contribution >= 4 is 12.7 Å². The molecule has 0 aliphatic heterocycles. The molecule has 0 heterocycles. The van der Waals surface area contributed by atoms with Crippen molar-refractivity contribution in [3.63, 3.8) is 0 Å². The molecule has 0 fully saturated rings. The Labute approximate surface area is 72.8 Å². The third-order valence-electron chi connectivity index (χ3n) is 1.87. The van der Waals surface area contributed by atoms with Crippen LogP contribution < -0.4 is 10.2 Å². The van der Waals surface area contributed by atoms with Gasteiger partial charge in [-0.1, -0.05) is 24.4 Å². The second kappa shape index (κ2) is 4.14. The fourth-order valence-corrected chi connectivity index (χ4v) is 1.08. The van der Waals surface area contributed by atoms with Gasteiger partial charge in [-0.25, -0.2) is 4.39 Å². The molecule has 1 nitrogen and oxygen atoms in total. The van der Waals surface area contributed by atoms with E-state index in [0.717, 1.165) is 12.8 Å². The molecule has 0 spiro atoms. The van der Waals surface area contributed by atoms with Gasteiger partial charge in [0.15, 0.2) is 7.28 Å². The molecule has 1 aromatic carbocycles. The predicted octanol–water partition coefficient (Wildman–Crippen LogP) is 1.41. The third kappa shape index (κ3) is 2.00. The van der Waals surface area contributed by atoms with E-state index in [-0.39, 0.29) is 0 Å². The van der Waals surface area contributed by atoms with Gasteiger partial charge < -0.3 is 4.74 Å². The van der Waals surface area contributed by atoms with Gasteiger partial charge in [-0.15, -0.1) is 0 Å². The Morgan fingerprint density at radius 1 is 1.50 bits per heavy atom. The minimum atomic E-state index is -0.756. The van der Waals surface area contributed by atoms with Crippen molar-refractivity contribution < 1.29 is 9.13 Å². The van der Waals surface area contributed by atoms with E-state index < -0.39 is 6.86 Å². The fourth-order valence-electron chi connectivity index (χ4n) is 1.08. The fraction of sp³-hybridized carbons (Fsp3) is 0.333. The molecular weight excluding hydrogens is 154 g/mol. The molecule has 1 aromatic rings. The van der Waals surface area contributed by atoms with Gasteiger partial charge in [0.1, 0.15) is 5.75 Å². The van der Waals surface area contributed by atoms with E-state index in [1.54, 1.807) is 0 Å². The van der Waals surface area contributed by atoms with E-state index in [0.29, 0.717) is 5.75 Å². The molecule has 0 N–H and O–H groups in total. The van der Waals surface area contributed by atoms with Gasteiger partial charge in [0, 0.05) is 0 Å². The quantitative estimate of drug-likeness (QED) is 0.616. The average Bonchev–Trinajstić information content (AvgIpc) is 2.09. The molecule has 0 aliphatic carbocycles. The van der Waals surface area contributed by atoms with Gasteiger partial charge in [-0.2, -0.15) is 0 Å². The third-order valence-corrected chi connectivity index (χ3v) is 1.87. The molecule has 0 unspecified atom stereocenters. The highest BCUT2D eigenvalue weighted by molar-refractivity contribution is 6.51. The van der Waals surface area contributed by atoms with Gasteiger partial charge in [0.2, 0.25) is 6.86 Å². The van der Waals surface area contributed by atoms with Crippen LogP contribution in [0.1, 0.15) is 5.56 Å². The summed E-state index contributed by atoms with van der Waals surface area (Å²) in [7, 11) is 0.947. The number of hydrogen-bond donors (Lipinski definition) is 0. The van der Waals surface area contributed by atoms with E-state index in [1.807, 2.05) is 25.1 Å². The molecule has 64 valence electrons. The van der Waals surface area contributed by atoms with Crippen LogP contribution in [0.5, 0.6) is 5.75 Å². The van der Waals surface area contributed by atoms with Gasteiger partial charge in [0.05, 0.1) is 0 Å². The van der Waals surface area contributed by atoms with Gasteiger partial charge in [0.25, 0.3) is 0 Å². The Hall–Kier alpha value is -0.985. The van der Waals surface area contributed by atoms with Gasteiger partial charge >= 0.3 is 0 Å². The minimum absolute atomic E-state index is 0.650. The highest BCUT2D eigenvalue weighted by Gasteiger charge is 1.99. The number of aryl methyl sites for hydroxylation is 1. The summed E-state index contributed by atoms with van der Waals surface area (Å²) < 4.78 is 16.7. The van der Waals surface area contributed by atoms with Crippen molar-refractivity contribution in [2.24, 2.45) is 0 Å². The average molecular weight is 166 g/mol. The van der Waals surface area contributed by atoms with Crippen LogP contribution in [0, 0.1) is 6.92 Å². The molecule has 1 rings (SSSR count). The van der Waals surface area contributed by atoms with Crippen molar-refractivity contribution in [2.75, 3.05) is 6.86 Å². The first-order valence-electron chi connectivity index (χ1n) is 4.06. The van der Waals surface area contributed by atoms with Gasteiger partial charge in [-0.05, 0) is 18.6 Å². The Morgan fingerprint density at radius 2 is 2.25 bits per heavy atom. The molecule has 0 atom stereocenters. The molecule has 0 saturated carbocycles. The highest BCUT2D eigenvalue weighted by atomic mass is 19.1. The van der Waals surface area contributed by atoms with Crippen molar-refractivity contribution in [3.8, 4) is 5.75 Å². The van der Waals surface area contributed by atoms with Crippen LogP contribution in [0.4, 0.5) is 4.39 Å². The lowest BCUT2D eigenvalue weighted by Gasteiger charge is -2.06. The lowest BCUT2D eigenvalue weighted by atomic mass is 9.73. The lowest BCUT2D eigenvalue weighted by Crippen LogP contribution is -2.10. The van der Waals surface area contributed by atoms with Crippen molar-refractivity contribution in [1.29, 1.82) is 0 Å². The molecule has 0 bridgehead atoms. The summed E-state index contributed by atoms with van der Waals surface area (Å²) in [4.78, 5) is 0. The molecule has 3 heteroatoms. The van der Waals surface area contributed by atoms with E-state index in [9.17, 15) is 4.39 Å². The van der Waals surface area contributed by atoms with E-state index in [2.05, 4.69) is 6.82 Å². The van der Waals surface area contributed by atoms with Crippen LogP contribution in [0.3, 0.4) is 0 Å². The van der Waals surface area contributed by atoms with Crippen LogP contribution in [0.2, 0.25) is 6.82 Å². The maximum absolute atomic E-state index is 11.9. The summed E-state index contributed by atoms with van der Waals surface area (Å²) in [5, 5.41) is 0. The molecule has 0 radical (unpaired) electrons. The first kappa shape index (κ1) is 9.11. The number of hydrogen-bond acceptors (Lipinski definition) is 1. The Bertz CT molecular complexity index is 263. The normalized spacial score (nSPS) is 9.58. The standard InChI is InChI=1S/C9H12BFO/c1-7-3-4-8(10-2)5-9(7)12-6-11/h3-5,10H,6H2,1-2H3. The topological polar surface area (TPSA) is 9.23 Å². The summed E-state index contributed by atoms with van der Waals surface area (Å²) in [6.45, 7) is 3.21. The molecule has 0 saturated heterocycles. The predicted molar refractivity (Wildman–Crippen MR) is 50.4 cm³/mol. The Kier molecular flexibility index (Phi) is 3.14. The summed E-state index contributed by atoms with van der Waals surface area (Å²) >= 11 is 0. The highest BCUT2D eigenvalue weighted by Crippen LogP contribution is 2.14. The molecule has 0 aromatic heterocycles. The van der Waals surface area contributed by atoms with E-state index in [1.165, 1.54) is 5.46 Å². The number of ether oxygens (including phenoxy) is 1. The van der Waals surface area contributed by atoms with Crippen LogP contribution in [0.25, 0.3) is 0 Å². The number of benzene rings is 1. The maximum atomic E-state index is 11.9. The van der Waals surface area contributed by atoms with Crippen LogP contribution in [-0.4, -0.2) is 14.1 Å². The van der Waals surface area contributed by atoms with E-state index >= 15 is 0 Å². The monoisotopic (exact) mass is 166 g/mol. The first-order valence-corrected chi connectivity index (χ1v) is 4.06. The zero-order chi connectivity index (χ0) is 8.97. The smallest absolute Gasteiger partial charge is 0.228 e.